The summed E-state index contributed by atoms with van der Waals surface area (Å²) in [6.07, 6.45) is 4.98. The molecule has 3 rings (SSSR count). The molecule has 1 N–H and O–H groups in total. The number of rotatable bonds is 6. The molecule has 0 amide bonds. The van der Waals surface area contributed by atoms with Crippen LogP contribution in [0.5, 0.6) is 5.75 Å². The first kappa shape index (κ1) is 16.3. The van der Waals surface area contributed by atoms with E-state index in [0.717, 1.165) is 25.7 Å². The SMILES string of the molecule is OC1(CSc2nnc(COc3ccc(F)cc3)o2)CCCCC1. The third-order valence-electron chi connectivity index (χ3n) is 3.87. The number of thioether (sulfide) groups is 1. The van der Waals surface area contributed by atoms with Gasteiger partial charge in [-0.3, -0.25) is 0 Å². The second-order valence-electron chi connectivity index (χ2n) is 5.78. The molecule has 0 unspecified atom stereocenters. The lowest BCUT2D eigenvalue weighted by Crippen LogP contribution is -2.33. The number of hydrogen-bond acceptors (Lipinski definition) is 6. The molecule has 0 bridgehead atoms. The first-order valence-electron chi connectivity index (χ1n) is 7.69. The van der Waals surface area contributed by atoms with E-state index in [0.29, 0.717) is 22.6 Å². The number of hydrogen-bond donors (Lipinski definition) is 1. The quantitative estimate of drug-likeness (QED) is 0.812. The van der Waals surface area contributed by atoms with E-state index in [1.54, 1.807) is 12.1 Å². The van der Waals surface area contributed by atoms with Crippen LogP contribution in [0, 0.1) is 5.82 Å². The van der Waals surface area contributed by atoms with Crippen molar-refractivity contribution in [2.24, 2.45) is 0 Å². The maximum atomic E-state index is 12.8. The Labute approximate surface area is 138 Å². The number of halogens is 1. The molecule has 1 aliphatic rings. The molecule has 1 aliphatic carbocycles. The lowest BCUT2D eigenvalue weighted by molar-refractivity contribution is 0.0271. The molecule has 1 saturated carbocycles. The molecule has 0 radical (unpaired) electrons. The van der Waals surface area contributed by atoms with Crippen molar-refractivity contribution in [2.75, 3.05) is 5.75 Å². The van der Waals surface area contributed by atoms with E-state index in [9.17, 15) is 9.50 Å². The van der Waals surface area contributed by atoms with Crippen LogP contribution < -0.4 is 4.74 Å². The summed E-state index contributed by atoms with van der Waals surface area (Å²) in [5.74, 6) is 1.14. The van der Waals surface area contributed by atoms with Gasteiger partial charge in [0, 0.05) is 5.75 Å². The highest BCUT2D eigenvalue weighted by Crippen LogP contribution is 2.33. The summed E-state index contributed by atoms with van der Waals surface area (Å²) in [6.45, 7) is 0.128. The molecule has 5 nitrogen and oxygen atoms in total. The van der Waals surface area contributed by atoms with Gasteiger partial charge in [0.15, 0.2) is 6.61 Å². The van der Waals surface area contributed by atoms with E-state index in [1.807, 2.05) is 0 Å². The van der Waals surface area contributed by atoms with Crippen molar-refractivity contribution < 1.29 is 18.7 Å². The zero-order valence-electron chi connectivity index (χ0n) is 12.7. The van der Waals surface area contributed by atoms with Gasteiger partial charge in [-0.2, -0.15) is 0 Å². The summed E-state index contributed by atoms with van der Waals surface area (Å²) >= 11 is 1.37. The highest BCUT2D eigenvalue weighted by atomic mass is 32.2. The second-order valence-corrected chi connectivity index (χ2v) is 6.70. The first-order chi connectivity index (χ1) is 11.1. The standard InChI is InChI=1S/C16H19FN2O3S/c17-12-4-6-13(7-5-12)21-10-14-18-19-15(22-14)23-11-16(20)8-2-1-3-9-16/h4-7,20H,1-3,8-11H2. The van der Waals surface area contributed by atoms with Gasteiger partial charge >= 0.3 is 0 Å². The fourth-order valence-corrected chi connectivity index (χ4v) is 3.52. The third-order valence-corrected chi connectivity index (χ3v) is 4.97. The van der Waals surface area contributed by atoms with Crippen molar-refractivity contribution in [3.63, 3.8) is 0 Å². The van der Waals surface area contributed by atoms with Crippen LogP contribution in [0.15, 0.2) is 33.9 Å². The van der Waals surface area contributed by atoms with Crippen molar-refractivity contribution in [1.82, 2.24) is 10.2 Å². The Balaban J connectivity index is 1.48. The molecule has 0 atom stereocenters. The lowest BCUT2D eigenvalue weighted by Gasteiger charge is -2.31. The van der Waals surface area contributed by atoms with Gasteiger partial charge in [0.25, 0.3) is 11.1 Å². The normalized spacial score (nSPS) is 17.1. The van der Waals surface area contributed by atoms with Crippen LogP contribution in [0.2, 0.25) is 0 Å². The van der Waals surface area contributed by atoms with E-state index >= 15 is 0 Å². The Morgan fingerprint density at radius 1 is 1.17 bits per heavy atom. The summed E-state index contributed by atoms with van der Waals surface area (Å²) in [5, 5.41) is 18.8. The highest BCUT2D eigenvalue weighted by Gasteiger charge is 2.29. The molecule has 1 aromatic carbocycles. The van der Waals surface area contributed by atoms with Gasteiger partial charge in [0.2, 0.25) is 0 Å². The molecule has 1 heterocycles. The Kier molecular flexibility index (Phi) is 5.17. The topological polar surface area (TPSA) is 68.4 Å². The van der Waals surface area contributed by atoms with Gasteiger partial charge in [-0.25, -0.2) is 4.39 Å². The van der Waals surface area contributed by atoms with Crippen molar-refractivity contribution in [2.45, 2.75) is 49.5 Å². The van der Waals surface area contributed by atoms with Crippen molar-refractivity contribution in [3.8, 4) is 5.75 Å². The van der Waals surface area contributed by atoms with Crippen molar-refractivity contribution in [1.29, 1.82) is 0 Å². The molecule has 2 aromatic rings. The van der Waals surface area contributed by atoms with Crippen molar-refractivity contribution in [3.05, 3.63) is 36.0 Å². The summed E-state index contributed by atoms with van der Waals surface area (Å²) in [5.41, 5.74) is -0.623. The van der Waals surface area contributed by atoms with Crippen LogP contribution in [0.4, 0.5) is 4.39 Å². The van der Waals surface area contributed by atoms with Gasteiger partial charge < -0.3 is 14.3 Å². The highest BCUT2D eigenvalue weighted by molar-refractivity contribution is 7.99. The largest absolute Gasteiger partial charge is 0.484 e. The predicted molar refractivity (Wildman–Crippen MR) is 83.8 cm³/mol. The Morgan fingerprint density at radius 2 is 1.91 bits per heavy atom. The third kappa shape index (κ3) is 4.68. The predicted octanol–water partition coefficient (Wildman–Crippen LogP) is 3.58. The minimum atomic E-state index is -0.623. The molecular weight excluding hydrogens is 319 g/mol. The lowest BCUT2D eigenvalue weighted by atomic mass is 9.86. The van der Waals surface area contributed by atoms with E-state index in [-0.39, 0.29) is 12.4 Å². The van der Waals surface area contributed by atoms with E-state index in [1.165, 1.54) is 30.3 Å². The Bertz CT molecular complexity index is 627. The van der Waals surface area contributed by atoms with Gasteiger partial charge in [0.05, 0.1) is 5.60 Å². The van der Waals surface area contributed by atoms with E-state index in [4.69, 9.17) is 9.15 Å². The molecule has 23 heavy (non-hydrogen) atoms. The van der Waals surface area contributed by atoms with Gasteiger partial charge in [-0.05, 0) is 37.1 Å². The molecular formula is C16H19FN2O3S. The van der Waals surface area contributed by atoms with E-state index in [2.05, 4.69) is 10.2 Å². The molecule has 0 saturated heterocycles. The van der Waals surface area contributed by atoms with Gasteiger partial charge in [0.1, 0.15) is 11.6 Å². The zero-order chi connectivity index (χ0) is 16.1. The number of aromatic nitrogens is 2. The summed E-state index contributed by atoms with van der Waals surface area (Å²) in [7, 11) is 0. The van der Waals surface area contributed by atoms with Gasteiger partial charge in [-0.1, -0.05) is 31.0 Å². The zero-order valence-corrected chi connectivity index (χ0v) is 13.5. The first-order valence-corrected chi connectivity index (χ1v) is 8.67. The average molecular weight is 338 g/mol. The number of benzene rings is 1. The fraction of sp³-hybridized carbons (Fsp3) is 0.500. The summed E-state index contributed by atoms with van der Waals surface area (Å²) in [6, 6.07) is 5.74. The monoisotopic (exact) mass is 338 g/mol. The molecule has 124 valence electrons. The number of aliphatic hydroxyl groups is 1. The van der Waals surface area contributed by atoms with E-state index < -0.39 is 5.60 Å². The van der Waals surface area contributed by atoms with Crippen LogP contribution in [-0.2, 0) is 6.61 Å². The number of ether oxygens (including phenoxy) is 1. The van der Waals surface area contributed by atoms with Gasteiger partial charge in [-0.15, -0.1) is 10.2 Å². The smallest absolute Gasteiger partial charge is 0.276 e. The second kappa shape index (κ2) is 7.31. The minimum Gasteiger partial charge on any atom is -0.484 e. The molecule has 7 heteroatoms. The van der Waals surface area contributed by atoms with Crippen molar-refractivity contribution >= 4 is 11.8 Å². The average Bonchev–Trinajstić information content (AvgIpc) is 3.01. The Morgan fingerprint density at radius 3 is 2.65 bits per heavy atom. The minimum absolute atomic E-state index is 0.128. The fourth-order valence-electron chi connectivity index (χ4n) is 2.58. The van der Waals surface area contributed by atoms with Crippen LogP contribution in [0.3, 0.4) is 0 Å². The summed E-state index contributed by atoms with van der Waals surface area (Å²) < 4.78 is 23.8. The number of nitrogens with zero attached hydrogens (tertiary/aromatic N) is 2. The molecule has 0 spiro atoms. The van der Waals surface area contributed by atoms with Crippen LogP contribution in [0.25, 0.3) is 0 Å². The van der Waals surface area contributed by atoms with Crippen LogP contribution >= 0.6 is 11.8 Å². The van der Waals surface area contributed by atoms with Crippen LogP contribution in [0.1, 0.15) is 38.0 Å². The summed E-state index contributed by atoms with van der Waals surface area (Å²) in [4.78, 5) is 0. The Hall–Kier alpha value is -1.60. The molecule has 1 aromatic heterocycles. The molecule has 1 fully saturated rings. The maximum absolute atomic E-state index is 12.8. The maximum Gasteiger partial charge on any atom is 0.276 e. The molecule has 0 aliphatic heterocycles. The van der Waals surface area contributed by atoms with Crippen LogP contribution in [-0.4, -0.2) is 26.7 Å².